The van der Waals surface area contributed by atoms with Crippen LogP contribution in [0.1, 0.15) is 24.8 Å². The van der Waals surface area contributed by atoms with Gasteiger partial charge < -0.3 is 15.4 Å². The Balaban J connectivity index is 1.45. The molecule has 0 bridgehead atoms. The Bertz CT molecular complexity index is 667. The molecule has 2 aromatic rings. The van der Waals surface area contributed by atoms with Crippen molar-refractivity contribution in [3.8, 4) is 5.75 Å². The van der Waals surface area contributed by atoms with E-state index in [9.17, 15) is 4.79 Å². The van der Waals surface area contributed by atoms with Gasteiger partial charge in [0.25, 0.3) is 0 Å². The van der Waals surface area contributed by atoms with E-state index in [4.69, 9.17) is 4.74 Å². The summed E-state index contributed by atoms with van der Waals surface area (Å²) >= 11 is 0. The molecule has 1 aliphatic heterocycles. The molecule has 0 atom stereocenters. The van der Waals surface area contributed by atoms with Crippen LogP contribution in [0.4, 0.5) is 5.69 Å². The molecule has 4 heteroatoms. The van der Waals surface area contributed by atoms with E-state index in [-0.39, 0.29) is 11.8 Å². The van der Waals surface area contributed by atoms with Crippen LogP contribution < -0.4 is 15.4 Å². The Kier molecular flexibility index (Phi) is 6.46. The molecule has 1 amide bonds. The fraction of sp³-hybridized carbons (Fsp3) is 0.381. The zero-order chi connectivity index (χ0) is 17.3. The molecule has 0 saturated carbocycles. The number of anilines is 1. The molecule has 0 radical (unpaired) electrons. The number of carbonyl (C=O) groups excluding carboxylic acids is 1. The Morgan fingerprint density at radius 2 is 1.88 bits per heavy atom. The third-order valence-corrected chi connectivity index (χ3v) is 4.53. The van der Waals surface area contributed by atoms with Gasteiger partial charge in [-0.3, -0.25) is 4.79 Å². The van der Waals surface area contributed by atoms with Crippen molar-refractivity contribution >= 4 is 11.6 Å². The van der Waals surface area contributed by atoms with Gasteiger partial charge in [0.1, 0.15) is 5.75 Å². The van der Waals surface area contributed by atoms with Crippen LogP contribution in [0, 0.1) is 5.92 Å². The number of ether oxygens (including phenoxy) is 1. The van der Waals surface area contributed by atoms with Crippen LogP contribution >= 0.6 is 0 Å². The van der Waals surface area contributed by atoms with Gasteiger partial charge in [0.2, 0.25) is 5.91 Å². The Hall–Kier alpha value is -2.33. The molecule has 2 aromatic carbocycles. The maximum Gasteiger partial charge on any atom is 0.227 e. The number of rotatable bonds is 7. The molecule has 1 saturated heterocycles. The summed E-state index contributed by atoms with van der Waals surface area (Å²) in [6.45, 7) is 2.51. The summed E-state index contributed by atoms with van der Waals surface area (Å²) in [7, 11) is 0. The summed E-state index contributed by atoms with van der Waals surface area (Å²) in [5, 5.41) is 6.30. The van der Waals surface area contributed by atoms with E-state index in [1.165, 1.54) is 5.56 Å². The quantitative estimate of drug-likeness (QED) is 0.758. The minimum absolute atomic E-state index is 0.108. The minimum Gasteiger partial charge on any atom is -0.494 e. The number of aryl methyl sites for hydroxylation is 1. The first-order valence-corrected chi connectivity index (χ1v) is 9.09. The summed E-state index contributed by atoms with van der Waals surface area (Å²) in [5.41, 5.74) is 2.14. The van der Waals surface area contributed by atoms with Crippen LogP contribution in [-0.2, 0) is 11.2 Å². The summed E-state index contributed by atoms with van der Waals surface area (Å²) in [6, 6.07) is 18.1. The number of hydrogen-bond donors (Lipinski definition) is 2. The second-order valence-electron chi connectivity index (χ2n) is 6.48. The molecule has 132 valence electrons. The first-order chi connectivity index (χ1) is 12.3. The van der Waals surface area contributed by atoms with Crippen LogP contribution in [0.2, 0.25) is 0 Å². The van der Waals surface area contributed by atoms with Crippen LogP contribution in [0.5, 0.6) is 5.75 Å². The summed E-state index contributed by atoms with van der Waals surface area (Å²) in [4.78, 5) is 12.3. The van der Waals surface area contributed by atoms with E-state index in [1.807, 2.05) is 30.3 Å². The summed E-state index contributed by atoms with van der Waals surface area (Å²) < 4.78 is 5.83. The van der Waals surface area contributed by atoms with Crippen LogP contribution in [0.25, 0.3) is 0 Å². The molecule has 3 rings (SSSR count). The third-order valence-electron chi connectivity index (χ3n) is 4.53. The van der Waals surface area contributed by atoms with Gasteiger partial charge in [0.15, 0.2) is 0 Å². The van der Waals surface area contributed by atoms with Crippen molar-refractivity contribution in [1.29, 1.82) is 0 Å². The predicted octanol–water partition coefficient (Wildman–Crippen LogP) is 3.64. The summed E-state index contributed by atoms with van der Waals surface area (Å²) in [6.07, 6.45) is 3.78. The number of hydrogen-bond acceptors (Lipinski definition) is 3. The molecule has 0 aromatic heterocycles. The maximum atomic E-state index is 12.3. The minimum atomic E-state index is 0.108. The van der Waals surface area contributed by atoms with Crippen molar-refractivity contribution in [3.63, 3.8) is 0 Å². The number of amides is 1. The zero-order valence-corrected chi connectivity index (χ0v) is 14.5. The Morgan fingerprint density at radius 1 is 1.08 bits per heavy atom. The predicted molar refractivity (Wildman–Crippen MR) is 101 cm³/mol. The third kappa shape index (κ3) is 5.61. The lowest BCUT2D eigenvalue weighted by Gasteiger charge is -2.21. The van der Waals surface area contributed by atoms with Crippen LogP contribution in [-0.4, -0.2) is 25.6 Å². The van der Waals surface area contributed by atoms with Crippen molar-refractivity contribution in [1.82, 2.24) is 5.32 Å². The second-order valence-corrected chi connectivity index (χ2v) is 6.48. The molecule has 1 heterocycles. The molecule has 0 spiro atoms. The standard InChI is InChI=1S/C21H26N2O2/c24-21(18-11-13-22-14-12-18)23-19-9-4-10-20(16-19)25-15-5-8-17-6-2-1-3-7-17/h1-4,6-7,9-10,16,18,22H,5,8,11-15H2,(H,23,24). The van der Waals surface area contributed by atoms with Gasteiger partial charge in [0, 0.05) is 17.7 Å². The molecule has 1 fully saturated rings. The van der Waals surface area contributed by atoms with Crippen molar-refractivity contribution < 1.29 is 9.53 Å². The highest BCUT2D eigenvalue weighted by Crippen LogP contribution is 2.20. The van der Waals surface area contributed by atoms with Crippen LogP contribution in [0.3, 0.4) is 0 Å². The molecule has 1 aliphatic rings. The average molecular weight is 338 g/mol. The fourth-order valence-corrected chi connectivity index (χ4v) is 3.10. The zero-order valence-electron chi connectivity index (χ0n) is 14.5. The molecular formula is C21H26N2O2. The van der Waals surface area contributed by atoms with Gasteiger partial charge in [-0.05, 0) is 56.5 Å². The van der Waals surface area contributed by atoms with Crippen molar-refractivity contribution in [3.05, 3.63) is 60.2 Å². The van der Waals surface area contributed by atoms with Gasteiger partial charge in [-0.2, -0.15) is 0 Å². The van der Waals surface area contributed by atoms with Gasteiger partial charge in [0.05, 0.1) is 6.61 Å². The maximum absolute atomic E-state index is 12.3. The first kappa shape index (κ1) is 17.5. The fourth-order valence-electron chi connectivity index (χ4n) is 3.10. The molecular weight excluding hydrogens is 312 g/mol. The lowest BCUT2D eigenvalue weighted by Crippen LogP contribution is -2.34. The van der Waals surface area contributed by atoms with Crippen molar-refractivity contribution in [2.45, 2.75) is 25.7 Å². The monoisotopic (exact) mass is 338 g/mol. The topological polar surface area (TPSA) is 50.4 Å². The first-order valence-electron chi connectivity index (χ1n) is 9.09. The Labute approximate surface area is 149 Å². The van der Waals surface area contributed by atoms with Crippen molar-refractivity contribution in [2.75, 3.05) is 25.0 Å². The highest BCUT2D eigenvalue weighted by Gasteiger charge is 2.20. The smallest absolute Gasteiger partial charge is 0.227 e. The van der Waals surface area contributed by atoms with E-state index < -0.39 is 0 Å². The second kappa shape index (κ2) is 9.23. The number of benzene rings is 2. The SMILES string of the molecule is O=C(Nc1cccc(OCCCc2ccccc2)c1)C1CCNCC1. The van der Waals surface area contributed by atoms with Gasteiger partial charge in [-0.15, -0.1) is 0 Å². The summed E-state index contributed by atoms with van der Waals surface area (Å²) in [5.74, 6) is 1.02. The highest BCUT2D eigenvalue weighted by molar-refractivity contribution is 5.92. The number of piperidine rings is 1. The van der Waals surface area contributed by atoms with E-state index in [0.29, 0.717) is 6.61 Å². The largest absolute Gasteiger partial charge is 0.494 e. The number of nitrogens with one attached hydrogen (secondary N) is 2. The van der Waals surface area contributed by atoms with Crippen LogP contribution in [0.15, 0.2) is 54.6 Å². The van der Waals surface area contributed by atoms with E-state index >= 15 is 0 Å². The van der Waals surface area contributed by atoms with Gasteiger partial charge in [-0.25, -0.2) is 0 Å². The molecule has 4 nitrogen and oxygen atoms in total. The number of carbonyl (C=O) groups is 1. The average Bonchev–Trinajstić information content (AvgIpc) is 2.67. The Morgan fingerprint density at radius 3 is 2.68 bits per heavy atom. The van der Waals surface area contributed by atoms with Gasteiger partial charge in [-0.1, -0.05) is 36.4 Å². The highest BCUT2D eigenvalue weighted by atomic mass is 16.5. The normalized spacial score (nSPS) is 14.9. The van der Waals surface area contributed by atoms with E-state index in [1.54, 1.807) is 0 Å². The van der Waals surface area contributed by atoms with Gasteiger partial charge >= 0.3 is 0 Å². The van der Waals surface area contributed by atoms with E-state index in [2.05, 4.69) is 34.9 Å². The lowest BCUT2D eigenvalue weighted by molar-refractivity contribution is -0.120. The molecule has 0 aliphatic carbocycles. The molecule has 25 heavy (non-hydrogen) atoms. The van der Waals surface area contributed by atoms with E-state index in [0.717, 1.165) is 50.2 Å². The lowest BCUT2D eigenvalue weighted by atomic mass is 9.97. The van der Waals surface area contributed by atoms with Crippen molar-refractivity contribution in [2.24, 2.45) is 5.92 Å². The molecule has 0 unspecified atom stereocenters. The molecule has 2 N–H and O–H groups in total.